The molecule has 0 heterocycles. The van der Waals surface area contributed by atoms with Gasteiger partial charge >= 0.3 is 6.09 Å². The Morgan fingerprint density at radius 2 is 1.91 bits per heavy atom. The molecule has 34 heavy (non-hydrogen) atoms. The molecule has 2 bridgehead atoms. The molecule has 8 atom stereocenters. The van der Waals surface area contributed by atoms with Crippen LogP contribution in [0.4, 0.5) is 4.79 Å². The van der Waals surface area contributed by atoms with Crippen molar-refractivity contribution in [2.24, 2.45) is 34.5 Å². The van der Waals surface area contributed by atoms with E-state index < -0.39 is 41.8 Å². The van der Waals surface area contributed by atoms with Crippen LogP contribution >= 0.6 is 0 Å². The summed E-state index contributed by atoms with van der Waals surface area (Å²) in [5.74, 6) is -0.491. The monoisotopic (exact) mass is 473 g/mol. The number of hydrogen-bond donors (Lipinski definition) is 3. The largest absolute Gasteiger partial charge is 0.438 e. The second-order valence-corrected chi connectivity index (χ2v) is 12.2. The Hall–Kier alpha value is -1.70. The maximum absolute atomic E-state index is 14.3. The Morgan fingerprint density at radius 3 is 2.53 bits per heavy atom. The first-order valence-electron chi connectivity index (χ1n) is 12.8. The summed E-state index contributed by atoms with van der Waals surface area (Å²) in [6, 6.07) is 0.0888. The summed E-state index contributed by atoms with van der Waals surface area (Å²) in [5.41, 5.74) is -2.69. The van der Waals surface area contributed by atoms with E-state index in [1.165, 1.54) is 0 Å². The molecule has 0 radical (unpaired) electrons. The second-order valence-electron chi connectivity index (χ2n) is 12.2. The van der Waals surface area contributed by atoms with E-state index in [0.717, 1.165) is 32.1 Å². The van der Waals surface area contributed by atoms with Crippen LogP contribution in [0.5, 0.6) is 0 Å². The number of allylic oxidation sites excluding steroid dienone is 1. The molecule has 5 aliphatic rings. The number of aliphatic hydroxyl groups excluding tert-OH is 2. The highest BCUT2D eigenvalue weighted by Crippen LogP contribution is 2.71. The summed E-state index contributed by atoms with van der Waals surface area (Å²) < 4.78 is 5.94. The van der Waals surface area contributed by atoms with Crippen LogP contribution in [-0.4, -0.2) is 69.6 Å². The lowest BCUT2D eigenvalue weighted by Crippen LogP contribution is -2.66. The molecule has 3 saturated carbocycles. The second kappa shape index (κ2) is 7.65. The van der Waals surface area contributed by atoms with Crippen LogP contribution in [0.25, 0.3) is 0 Å². The van der Waals surface area contributed by atoms with E-state index in [-0.39, 0.29) is 34.6 Å². The van der Waals surface area contributed by atoms with E-state index >= 15 is 0 Å². The van der Waals surface area contributed by atoms with Gasteiger partial charge in [0.15, 0.2) is 17.5 Å². The zero-order valence-electron chi connectivity index (χ0n) is 21.0. The lowest BCUT2D eigenvalue weighted by Gasteiger charge is -2.49. The third-order valence-electron chi connectivity index (χ3n) is 10.3. The summed E-state index contributed by atoms with van der Waals surface area (Å²) in [6.45, 7) is 7.58. The average molecular weight is 474 g/mol. The third-order valence-corrected chi connectivity index (χ3v) is 10.3. The van der Waals surface area contributed by atoms with Gasteiger partial charge in [0.25, 0.3) is 0 Å². The van der Waals surface area contributed by atoms with Crippen LogP contribution in [0, 0.1) is 34.5 Å². The maximum atomic E-state index is 14.3. The van der Waals surface area contributed by atoms with E-state index in [0.29, 0.717) is 11.5 Å². The topological polar surface area (TPSA) is 107 Å². The maximum Gasteiger partial charge on any atom is 0.410 e. The summed E-state index contributed by atoms with van der Waals surface area (Å²) >= 11 is 0. The normalized spacial score (nSPS) is 44.9. The van der Waals surface area contributed by atoms with E-state index in [4.69, 9.17) is 4.74 Å². The molecule has 0 aromatic heterocycles. The molecule has 188 valence electrons. The standard InChI is InChI=1S/C27H39NO6/c1-14-12-26-15(2)10-19-20(25(19,3)4)18(22(26)31)11-16(13-29)21(30)27(26,33)23(14)34-24(32)28(5)17-8-6-7-9-17/h11-12,15,17-21,23,29-30,33H,6-10,13H2,1-5H3/t15-,18+,19-,20+,21-,23+,26+,27+/m1/s1. The zero-order chi connectivity index (χ0) is 24.8. The van der Waals surface area contributed by atoms with Gasteiger partial charge in [-0.3, -0.25) is 4.79 Å². The molecule has 0 aromatic carbocycles. The molecule has 1 amide bonds. The van der Waals surface area contributed by atoms with Crippen molar-refractivity contribution in [2.75, 3.05) is 13.7 Å². The number of nitrogens with zero attached hydrogens (tertiary/aromatic N) is 1. The van der Waals surface area contributed by atoms with Gasteiger partial charge in [0.1, 0.15) is 6.10 Å². The Kier molecular flexibility index (Phi) is 5.40. The number of aliphatic hydroxyl groups is 3. The van der Waals surface area contributed by atoms with Crippen LogP contribution in [-0.2, 0) is 9.53 Å². The number of Topliss-reactive ketones (excluding diaryl/α,β-unsaturated/α-hetero) is 1. The van der Waals surface area contributed by atoms with E-state index in [9.17, 15) is 24.9 Å². The van der Waals surface area contributed by atoms with Gasteiger partial charge in [-0.2, -0.15) is 0 Å². The molecule has 0 aliphatic heterocycles. The highest BCUT2D eigenvalue weighted by molar-refractivity contribution is 5.95. The van der Waals surface area contributed by atoms with Gasteiger partial charge in [-0.1, -0.05) is 45.8 Å². The highest BCUT2D eigenvalue weighted by atomic mass is 16.6. The Bertz CT molecular complexity index is 964. The molecule has 0 unspecified atom stereocenters. The van der Waals surface area contributed by atoms with Gasteiger partial charge in [-0.05, 0) is 60.5 Å². The van der Waals surface area contributed by atoms with E-state index in [1.54, 1.807) is 31.0 Å². The Morgan fingerprint density at radius 1 is 1.26 bits per heavy atom. The summed E-state index contributed by atoms with van der Waals surface area (Å²) in [7, 11) is 1.71. The molecule has 0 aromatic rings. The number of rotatable bonds is 3. The molecular weight excluding hydrogens is 434 g/mol. The summed E-state index contributed by atoms with van der Waals surface area (Å²) in [4.78, 5) is 29.1. The van der Waals surface area contributed by atoms with Crippen molar-refractivity contribution in [3.63, 3.8) is 0 Å². The smallest absolute Gasteiger partial charge is 0.410 e. The number of ketones is 1. The van der Waals surface area contributed by atoms with E-state index in [1.807, 2.05) is 6.92 Å². The number of carbonyl (C=O) groups excluding carboxylic acids is 2. The van der Waals surface area contributed by atoms with Gasteiger partial charge in [-0.15, -0.1) is 0 Å². The van der Waals surface area contributed by atoms with Crippen LogP contribution in [0.15, 0.2) is 23.3 Å². The first-order valence-corrected chi connectivity index (χ1v) is 12.8. The number of carbonyl (C=O) groups is 2. The van der Waals surface area contributed by atoms with Crippen molar-refractivity contribution < 1.29 is 29.6 Å². The SMILES string of the molecule is CC1=C[C@]23C(=O)[C@@H](C=C(CO)[C@@H](O)[C@]2(O)[C@H]1OC(=O)N(C)C1CCCC1)[C@H]1[C@@H](C[C@H]3C)C1(C)C. The van der Waals surface area contributed by atoms with Crippen LogP contribution < -0.4 is 0 Å². The van der Waals surface area contributed by atoms with Crippen molar-refractivity contribution in [1.29, 1.82) is 0 Å². The zero-order valence-corrected chi connectivity index (χ0v) is 21.0. The third kappa shape index (κ3) is 2.86. The molecule has 0 saturated heterocycles. The molecule has 7 heteroatoms. The number of ether oxygens (including phenoxy) is 1. The molecular formula is C27H39NO6. The first-order chi connectivity index (χ1) is 15.9. The molecule has 1 spiro atoms. The Labute approximate surface area is 201 Å². The summed E-state index contributed by atoms with van der Waals surface area (Å²) in [6.07, 6.45) is 4.89. The number of hydrogen-bond acceptors (Lipinski definition) is 6. The summed E-state index contributed by atoms with van der Waals surface area (Å²) in [5, 5.41) is 34.1. The van der Waals surface area contributed by atoms with Crippen molar-refractivity contribution in [3.8, 4) is 0 Å². The van der Waals surface area contributed by atoms with Crippen molar-refractivity contribution in [3.05, 3.63) is 23.3 Å². The predicted octanol–water partition coefficient (Wildman–Crippen LogP) is 2.83. The lowest BCUT2D eigenvalue weighted by atomic mass is 9.59. The van der Waals surface area contributed by atoms with Gasteiger partial charge in [0.2, 0.25) is 0 Å². The van der Waals surface area contributed by atoms with Gasteiger partial charge in [-0.25, -0.2) is 4.79 Å². The quantitative estimate of drug-likeness (QED) is 0.544. The van der Waals surface area contributed by atoms with Gasteiger partial charge in [0, 0.05) is 19.0 Å². The highest BCUT2D eigenvalue weighted by Gasteiger charge is 2.76. The number of amides is 1. The fourth-order valence-corrected chi connectivity index (χ4v) is 8.22. The van der Waals surface area contributed by atoms with Crippen molar-refractivity contribution in [2.45, 2.75) is 83.6 Å². The van der Waals surface area contributed by atoms with Crippen molar-refractivity contribution >= 4 is 11.9 Å². The predicted molar refractivity (Wildman–Crippen MR) is 126 cm³/mol. The van der Waals surface area contributed by atoms with Crippen LogP contribution in [0.3, 0.4) is 0 Å². The fourth-order valence-electron chi connectivity index (χ4n) is 8.22. The van der Waals surface area contributed by atoms with E-state index in [2.05, 4.69) is 13.8 Å². The van der Waals surface area contributed by atoms with Crippen LogP contribution in [0.2, 0.25) is 0 Å². The molecule has 3 fully saturated rings. The van der Waals surface area contributed by atoms with Gasteiger partial charge in [0.05, 0.1) is 12.0 Å². The molecule has 5 rings (SSSR count). The van der Waals surface area contributed by atoms with Crippen LogP contribution in [0.1, 0.15) is 59.8 Å². The van der Waals surface area contributed by atoms with Crippen molar-refractivity contribution in [1.82, 2.24) is 4.90 Å². The minimum Gasteiger partial charge on any atom is -0.438 e. The first kappa shape index (κ1) is 24.0. The molecule has 3 N–H and O–H groups in total. The minimum atomic E-state index is -2.08. The molecule has 7 nitrogen and oxygen atoms in total. The average Bonchev–Trinajstić information content (AvgIpc) is 3.14. The number of fused-ring (bicyclic) bond motifs is 3. The van der Waals surface area contributed by atoms with Gasteiger partial charge < -0.3 is 25.0 Å². The lowest BCUT2D eigenvalue weighted by molar-refractivity contribution is -0.191. The molecule has 5 aliphatic carbocycles. The minimum absolute atomic E-state index is 0.0199. The fraction of sp³-hybridized carbons (Fsp3) is 0.778. The Balaban J connectivity index is 1.58.